The van der Waals surface area contributed by atoms with E-state index in [1.165, 1.54) is 38.5 Å². The van der Waals surface area contributed by atoms with E-state index in [1.807, 2.05) is 0 Å². The molecule has 0 bridgehead atoms. The predicted octanol–water partition coefficient (Wildman–Crippen LogP) is 3.46. The molecule has 2 aliphatic rings. The molecule has 2 fully saturated rings. The van der Waals surface area contributed by atoms with E-state index < -0.39 is 0 Å². The lowest BCUT2D eigenvalue weighted by Crippen LogP contribution is -2.47. The lowest BCUT2D eigenvalue weighted by molar-refractivity contribution is 0.242. The number of aromatic nitrogens is 2. The predicted molar refractivity (Wildman–Crippen MR) is 83.1 cm³/mol. The van der Waals surface area contributed by atoms with Crippen molar-refractivity contribution < 1.29 is 0 Å². The van der Waals surface area contributed by atoms with Crippen molar-refractivity contribution in [3.8, 4) is 0 Å². The monoisotopic (exact) mass is 274 g/mol. The van der Waals surface area contributed by atoms with Crippen LogP contribution in [-0.4, -0.2) is 29.1 Å². The summed E-state index contributed by atoms with van der Waals surface area (Å²) in [6, 6.07) is 2.85. The average Bonchev–Trinajstić information content (AvgIpc) is 2.52. The number of nitrogens with zero attached hydrogens (tertiary/aromatic N) is 3. The van der Waals surface area contributed by atoms with Gasteiger partial charge in [0, 0.05) is 25.2 Å². The van der Waals surface area contributed by atoms with Crippen LogP contribution in [0.3, 0.4) is 0 Å². The van der Waals surface area contributed by atoms with Crippen molar-refractivity contribution >= 4 is 11.6 Å². The molecule has 1 aromatic rings. The van der Waals surface area contributed by atoms with Crippen LogP contribution in [0.4, 0.5) is 11.6 Å². The number of anilines is 2. The molecule has 1 N–H and O–H groups in total. The van der Waals surface area contributed by atoms with Gasteiger partial charge in [-0.05, 0) is 38.0 Å². The van der Waals surface area contributed by atoms with E-state index in [2.05, 4.69) is 33.2 Å². The highest BCUT2D eigenvalue weighted by Gasteiger charge is 2.33. The Balaban J connectivity index is 1.76. The zero-order chi connectivity index (χ0) is 13.8. The molecule has 20 heavy (non-hydrogen) atoms. The van der Waals surface area contributed by atoms with Gasteiger partial charge in [0.15, 0.2) is 0 Å². The van der Waals surface area contributed by atoms with Crippen molar-refractivity contribution in [2.24, 2.45) is 5.92 Å². The van der Waals surface area contributed by atoms with Crippen molar-refractivity contribution in [1.29, 1.82) is 0 Å². The van der Waals surface area contributed by atoms with Gasteiger partial charge in [-0.25, -0.2) is 9.97 Å². The molecular weight excluding hydrogens is 248 g/mol. The minimum Gasteiger partial charge on any atom is -0.370 e. The molecule has 1 saturated heterocycles. The molecule has 0 amide bonds. The first kappa shape index (κ1) is 13.7. The molecule has 0 radical (unpaired) electrons. The van der Waals surface area contributed by atoms with Gasteiger partial charge in [0.05, 0.1) is 0 Å². The smallest absolute Gasteiger partial charge is 0.134 e. The van der Waals surface area contributed by atoms with E-state index in [0.29, 0.717) is 6.04 Å². The lowest BCUT2D eigenvalue weighted by Gasteiger charge is -2.44. The van der Waals surface area contributed by atoms with Crippen molar-refractivity contribution in [2.45, 2.75) is 57.9 Å². The molecule has 110 valence electrons. The molecule has 1 aliphatic heterocycles. The summed E-state index contributed by atoms with van der Waals surface area (Å²) in [7, 11) is 0. The Morgan fingerprint density at radius 3 is 2.95 bits per heavy atom. The van der Waals surface area contributed by atoms with Gasteiger partial charge in [-0.15, -0.1) is 0 Å². The van der Waals surface area contributed by atoms with E-state index >= 15 is 0 Å². The fraction of sp³-hybridized carbons (Fsp3) is 0.750. The van der Waals surface area contributed by atoms with Crippen LogP contribution in [0.15, 0.2) is 12.4 Å². The zero-order valence-electron chi connectivity index (χ0n) is 12.5. The first-order valence-electron chi connectivity index (χ1n) is 8.21. The largest absolute Gasteiger partial charge is 0.370 e. The number of nitrogens with one attached hydrogen (secondary N) is 1. The van der Waals surface area contributed by atoms with Crippen LogP contribution in [0.1, 0.15) is 51.9 Å². The van der Waals surface area contributed by atoms with E-state index in [9.17, 15) is 0 Å². The third kappa shape index (κ3) is 2.89. The average molecular weight is 274 g/mol. The van der Waals surface area contributed by atoms with Gasteiger partial charge in [0.25, 0.3) is 0 Å². The van der Waals surface area contributed by atoms with E-state index in [1.54, 1.807) is 6.33 Å². The number of piperidine rings is 1. The van der Waals surface area contributed by atoms with E-state index in [0.717, 1.165) is 37.1 Å². The van der Waals surface area contributed by atoms with Crippen molar-refractivity contribution in [2.75, 3.05) is 23.3 Å². The van der Waals surface area contributed by atoms with Crippen LogP contribution in [0, 0.1) is 5.92 Å². The van der Waals surface area contributed by atoms with Crippen molar-refractivity contribution in [3.63, 3.8) is 0 Å². The van der Waals surface area contributed by atoms with E-state index in [-0.39, 0.29) is 0 Å². The Kier molecular flexibility index (Phi) is 4.38. The van der Waals surface area contributed by atoms with Crippen LogP contribution < -0.4 is 10.2 Å². The van der Waals surface area contributed by atoms with Crippen molar-refractivity contribution in [3.05, 3.63) is 12.4 Å². The summed E-state index contributed by atoms with van der Waals surface area (Å²) < 4.78 is 0. The molecule has 3 rings (SSSR count). The molecule has 4 heteroatoms. The topological polar surface area (TPSA) is 41.0 Å². The zero-order valence-corrected chi connectivity index (χ0v) is 12.5. The molecule has 1 aromatic heterocycles. The lowest BCUT2D eigenvalue weighted by atomic mass is 9.78. The molecule has 2 atom stereocenters. The summed E-state index contributed by atoms with van der Waals surface area (Å²) in [5.74, 6) is 2.98. The Morgan fingerprint density at radius 1 is 1.20 bits per heavy atom. The van der Waals surface area contributed by atoms with Gasteiger partial charge in [-0.2, -0.15) is 0 Å². The second-order valence-electron chi connectivity index (χ2n) is 6.14. The SMILES string of the molecule is CCCNc1cc(N2CCC[C@H]3CCCC[C@H]32)ncn1. The Labute approximate surface area is 122 Å². The third-order valence-corrected chi connectivity index (χ3v) is 4.75. The summed E-state index contributed by atoms with van der Waals surface area (Å²) in [6.45, 7) is 4.31. The molecule has 1 aliphatic carbocycles. The van der Waals surface area contributed by atoms with Gasteiger partial charge >= 0.3 is 0 Å². The first-order chi connectivity index (χ1) is 9.88. The number of hydrogen-bond acceptors (Lipinski definition) is 4. The maximum Gasteiger partial charge on any atom is 0.134 e. The summed E-state index contributed by atoms with van der Waals surface area (Å²) in [5.41, 5.74) is 0. The maximum atomic E-state index is 4.54. The van der Waals surface area contributed by atoms with Crippen LogP contribution in [0.25, 0.3) is 0 Å². The first-order valence-corrected chi connectivity index (χ1v) is 8.21. The van der Waals surface area contributed by atoms with Gasteiger partial charge in [-0.3, -0.25) is 0 Å². The number of rotatable bonds is 4. The molecule has 2 heterocycles. The summed E-state index contributed by atoms with van der Waals surface area (Å²) in [6.07, 6.45) is 11.1. The maximum absolute atomic E-state index is 4.54. The van der Waals surface area contributed by atoms with E-state index in [4.69, 9.17) is 0 Å². The minimum atomic E-state index is 0.714. The second-order valence-corrected chi connectivity index (χ2v) is 6.14. The normalized spacial score (nSPS) is 26.1. The summed E-state index contributed by atoms with van der Waals surface area (Å²) in [4.78, 5) is 11.4. The van der Waals surface area contributed by atoms with Crippen LogP contribution in [0.5, 0.6) is 0 Å². The van der Waals surface area contributed by atoms with Crippen molar-refractivity contribution in [1.82, 2.24) is 9.97 Å². The van der Waals surface area contributed by atoms with Crippen LogP contribution >= 0.6 is 0 Å². The highest BCUT2D eigenvalue weighted by molar-refractivity contribution is 5.49. The minimum absolute atomic E-state index is 0.714. The van der Waals surface area contributed by atoms with Gasteiger partial charge in [0.2, 0.25) is 0 Å². The summed E-state index contributed by atoms with van der Waals surface area (Å²) in [5, 5.41) is 3.37. The van der Waals surface area contributed by atoms with Crippen LogP contribution in [-0.2, 0) is 0 Å². The second kappa shape index (κ2) is 6.42. The van der Waals surface area contributed by atoms with Gasteiger partial charge < -0.3 is 10.2 Å². The molecule has 0 aromatic carbocycles. The Bertz CT molecular complexity index is 432. The molecule has 0 spiro atoms. The van der Waals surface area contributed by atoms with Gasteiger partial charge in [0.1, 0.15) is 18.0 Å². The van der Waals surface area contributed by atoms with Gasteiger partial charge in [-0.1, -0.05) is 19.8 Å². The fourth-order valence-corrected chi connectivity index (χ4v) is 3.76. The number of hydrogen-bond donors (Lipinski definition) is 1. The third-order valence-electron chi connectivity index (χ3n) is 4.75. The molecular formula is C16H26N4. The quantitative estimate of drug-likeness (QED) is 0.913. The highest BCUT2D eigenvalue weighted by Crippen LogP contribution is 2.37. The molecule has 4 nitrogen and oxygen atoms in total. The molecule has 0 unspecified atom stereocenters. The summed E-state index contributed by atoms with van der Waals surface area (Å²) >= 11 is 0. The Morgan fingerprint density at radius 2 is 2.05 bits per heavy atom. The number of fused-ring (bicyclic) bond motifs is 1. The molecule has 1 saturated carbocycles. The van der Waals surface area contributed by atoms with Crippen LogP contribution in [0.2, 0.25) is 0 Å². The highest BCUT2D eigenvalue weighted by atomic mass is 15.2. The fourth-order valence-electron chi connectivity index (χ4n) is 3.76. The standard InChI is InChI=1S/C16H26N4/c1-2-9-17-15-11-16(19-12-18-15)20-10-5-7-13-6-3-4-8-14(13)20/h11-14H,2-10H2,1H3,(H,17,18,19)/t13-,14-/m1/s1. The Hall–Kier alpha value is -1.32.